The topological polar surface area (TPSA) is 47.3 Å². The zero-order valence-electron chi connectivity index (χ0n) is 13.8. The maximum Gasteiger partial charge on any atom is 0.102 e. The Bertz CT molecular complexity index is 869. The number of halogens is 3. The molecule has 0 spiro atoms. The lowest BCUT2D eigenvalue weighted by Crippen LogP contribution is -2.13. The minimum atomic E-state index is -0.303. The number of hydrogen-bond donors (Lipinski definition) is 1. The van der Waals surface area contributed by atoms with Gasteiger partial charge >= 0.3 is 0 Å². The number of benzene rings is 2. The smallest absolute Gasteiger partial charge is 0.102 e. The fourth-order valence-corrected chi connectivity index (χ4v) is 3.37. The van der Waals surface area contributed by atoms with Crippen LogP contribution in [-0.2, 0) is 24.5 Å². The van der Waals surface area contributed by atoms with Gasteiger partial charge in [0.1, 0.15) is 6.10 Å². The highest BCUT2D eigenvalue weighted by Crippen LogP contribution is 2.31. The molecule has 136 valence electrons. The summed E-state index contributed by atoms with van der Waals surface area (Å²) in [4.78, 5) is 4.07. The second kappa shape index (κ2) is 8.89. The Labute approximate surface area is 166 Å². The Balaban J connectivity index is 1.81. The highest BCUT2D eigenvalue weighted by molar-refractivity contribution is 6.35. The molecule has 1 unspecified atom stereocenters. The summed E-state index contributed by atoms with van der Waals surface area (Å²) in [7, 11) is 0. The zero-order chi connectivity index (χ0) is 18.5. The van der Waals surface area contributed by atoms with Crippen LogP contribution in [0, 0.1) is 0 Å². The van der Waals surface area contributed by atoms with Crippen LogP contribution in [0.1, 0.15) is 22.8 Å². The van der Waals surface area contributed by atoms with E-state index in [-0.39, 0.29) is 12.7 Å². The molecule has 0 saturated carbocycles. The number of hydrogen-bond acceptors (Lipinski definition) is 3. The van der Waals surface area contributed by atoms with Crippen LogP contribution in [0.2, 0.25) is 15.1 Å². The number of nitrogens with zero attached hydrogens (tertiary/aromatic N) is 2. The number of ether oxygens (including phenoxy) is 1. The summed E-state index contributed by atoms with van der Waals surface area (Å²) in [6.07, 6.45) is 5.00. The molecule has 7 heteroatoms. The van der Waals surface area contributed by atoms with Crippen LogP contribution in [0.3, 0.4) is 0 Å². The van der Waals surface area contributed by atoms with Crippen LogP contribution >= 0.6 is 34.8 Å². The molecule has 2 aromatic carbocycles. The van der Waals surface area contributed by atoms with Gasteiger partial charge in [0.25, 0.3) is 0 Å². The lowest BCUT2D eigenvalue weighted by molar-refractivity contribution is 0.0280. The van der Waals surface area contributed by atoms with E-state index < -0.39 is 0 Å². The molecule has 1 heterocycles. The summed E-state index contributed by atoms with van der Waals surface area (Å²) in [6, 6.07) is 10.8. The monoisotopic (exact) mass is 410 g/mol. The summed E-state index contributed by atoms with van der Waals surface area (Å²) >= 11 is 18.7. The van der Waals surface area contributed by atoms with Crippen molar-refractivity contribution in [2.45, 2.75) is 25.9 Å². The number of aliphatic hydroxyl groups excluding tert-OH is 1. The van der Waals surface area contributed by atoms with Gasteiger partial charge in [-0.15, -0.1) is 0 Å². The average Bonchev–Trinajstić information content (AvgIpc) is 3.13. The van der Waals surface area contributed by atoms with Crippen molar-refractivity contribution in [1.82, 2.24) is 9.55 Å². The van der Waals surface area contributed by atoms with E-state index in [2.05, 4.69) is 4.98 Å². The van der Waals surface area contributed by atoms with Crippen LogP contribution in [0.25, 0.3) is 0 Å². The largest absolute Gasteiger partial charge is 0.392 e. The lowest BCUT2D eigenvalue weighted by atomic mass is 10.1. The Kier molecular flexibility index (Phi) is 6.57. The third-order valence-electron chi connectivity index (χ3n) is 3.99. The van der Waals surface area contributed by atoms with Gasteiger partial charge in [-0.1, -0.05) is 53.0 Å². The molecule has 3 aromatic rings. The predicted octanol–water partition coefficient (Wildman–Crippen LogP) is 5.29. The van der Waals surface area contributed by atoms with E-state index in [1.54, 1.807) is 30.7 Å². The molecule has 0 amide bonds. The SMILES string of the molecule is OCc1ccc(COC(Cn2ccnc2)c2ccc(Cl)cc2Cl)c(Cl)c1. The van der Waals surface area contributed by atoms with Crippen molar-refractivity contribution in [3.63, 3.8) is 0 Å². The van der Waals surface area contributed by atoms with Crippen molar-refractivity contribution in [3.8, 4) is 0 Å². The molecule has 1 N–H and O–H groups in total. The van der Waals surface area contributed by atoms with Crippen molar-refractivity contribution >= 4 is 34.8 Å². The van der Waals surface area contributed by atoms with Crippen molar-refractivity contribution in [1.29, 1.82) is 0 Å². The third kappa shape index (κ3) is 4.78. The molecule has 0 radical (unpaired) electrons. The van der Waals surface area contributed by atoms with E-state index in [9.17, 15) is 5.11 Å². The molecule has 0 bridgehead atoms. The van der Waals surface area contributed by atoms with Gasteiger partial charge in [0.2, 0.25) is 0 Å². The molecule has 0 aliphatic carbocycles. The summed E-state index contributed by atoms with van der Waals surface area (Å²) < 4.78 is 8.06. The molecule has 0 aliphatic rings. The Morgan fingerprint density at radius 2 is 1.92 bits per heavy atom. The minimum Gasteiger partial charge on any atom is -0.392 e. The van der Waals surface area contributed by atoms with Crippen molar-refractivity contribution in [3.05, 3.63) is 86.9 Å². The Morgan fingerprint density at radius 1 is 1.08 bits per heavy atom. The zero-order valence-corrected chi connectivity index (χ0v) is 16.0. The fourth-order valence-electron chi connectivity index (χ4n) is 2.59. The fraction of sp³-hybridized carbons (Fsp3) is 0.211. The Hall–Kier alpha value is -1.56. The molecule has 1 aromatic heterocycles. The number of imidazole rings is 1. The quantitative estimate of drug-likeness (QED) is 0.574. The molecular weight excluding hydrogens is 395 g/mol. The first kappa shape index (κ1) is 19.2. The molecule has 1 atom stereocenters. The molecule has 0 fully saturated rings. The normalized spacial score (nSPS) is 12.3. The molecule has 0 aliphatic heterocycles. The first-order chi connectivity index (χ1) is 12.6. The van der Waals surface area contributed by atoms with Gasteiger partial charge in [0.15, 0.2) is 0 Å². The first-order valence-electron chi connectivity index (χ1n) is 7.97. The van der Waals surface area contributed by atoms with E-state index >= 15 is 0 Å². The number of aromatic nitrogens is 2. The lowest BCUT2D eigenvalue weighted by Gasteiger charge is -2.21. The summed E-state index contributed by atoms with van der Waals surface area (Å²) in [5.74, 6) is 0. The highest BCUT2D eigenvalue weighted by Gasteiger charge is 2.17. The average molecular weight is 412 g/mol. The molecular formula is C19H17Cl3N2O2. The standard InChI is InChI=1S/C19H17Cl3N2O2/c20-15-3-4-16(18(22)8-15)19(9-24-6-5-23-12-24)26-11-14-2-1-13(10-25)7-17(14)21/h1-8,12,19,25H,9-11H2. The summed E-state index contributed by atoms with van der Waals surface area (Å²) in [5.41, 5.74) is 2.44. The molecule has 26 heavy (non-hydrogen) atoms. The van der Waals surface area contributed by atoms with Crippen LogP contribution < -0.4 is 0 Å². The van der Waals surface area contributed by atoms with Gasteiger partial charge in [-0.3, -0.25) is 0 Å². The van der Waals surface area contributed by atoms with Crippen molar-refractivity contribution < 1.29 is 9.84 Å². The van der Waals surface area contributed by atoms with Gasteiger partial charge in [-0.25, -0.2) is 4.98 Å². The molecule has 3 rings (SSSR count). The van der Waals surface area contributed by atoms with Crippen molar-refractivity contribution in [2.75, 3.05) is 0 Å². The third-order valence-corrected chi connectivity index (χ3v) is 4.90. The molecule has 4 nitrogen and oxygen atoms in total. The van der Waals surface area contributed by atoms with E-state index in [1.807, 2.05) is 29.0 Å². The van der Waals surface area contributed by atoms with E-state index in [0.29, 0.717) is 28.2 Å². The highest BCUT2D eigenvalue weighted by atomic mass is 35.5. The summed E-state index contributed by atoms with van der Waals surface area (Å²) in [5, 5.41) is 10.9. The van der Waals surface area contributed by atoms with Gasteiger partial charge < -0.3 is 14.4 Å². The van der Waals surface area contributed by atoms with E-state index in [1.165, 1.54) is 0 Å². The number of aliphatic hydroxyl groups is 1. The van der Waals surface area contributed by atoms with Gasteiger partial charge in [0, 0.05) is 33.0 Å². The number of rotatable bonds is 7. The first-order valence-corrected chi connectivity index (χ1v) is 9.10. The van der Waals surface area contributed by atoms with Crippen LogP contribution in [-0.4, -0.2) is 14.7 Å². The maximum atomic E-state index is 9.19. The van der Waals surface area contributed by atoms with Gasteiger partial charge in [-0.2, -0.15) is 0 Å². The summed E-state index contributed by atoms with van der Waals surface area (Å²) in [6.45, 7) is 0.807. The van der Waals surface area contributed by atoms with Crippen LogP contribution in [0.15, 0.2) is 55.1 Å². The van der Waals surface area contributed by atoms with Gasteiger partial charge in [0.05, 0.1) is 26.1 Å². The maximum absolute atomic E-state index is 9.19. The van der Waals surface area contributed by atoms with Crippen LogP contribution in [0.5, 0.6) is 0 Å². The van der Waals surface area contributed by atoms with E-state index in [0.717, 1.165) is 16.7 Å². The molecule has 0 saturated heterocycles. The predicted molar refractivity (Wildman–Crippen MR) is 104 cm³/mol. The van der Waals surface area contributed by atoms with Gasteiger partial charge in [-0.05, 0) is 29.3 Å². The second-order valence-corrected chi connectivity index (χ2v) is 7.06. The van der Waals surface area contributed by atoms with E-state index in [4.69, 9.17) is 39.5 Å². The van der Waals surface area contributed by atoms with Crippen molar-refractivity contribution in [2.24, 2.45) is 0 Å². The van der Waals surface area contributed by atoms with Crippen LogP contribution in [0.4, 0.5) is 0 Å². The minimum absolute atomic E-state index is 0.0511. The Morgan fingerprint density at radius 3 is 2.58 bits per heavy atom. The second-order valence-electron chi connectivity index (χ2n) is 5.81.